The van der Waals surface area contributed by atoms with Crippen molar-refractivity contribution < 1.29 is 0 Å². The first-order valence-corrected chi connectivity index (χ1v) is 6.78. The Hall–Kier alpha value is -1.42. The fraction of sp³-hybridized carbons (Fsp3) is 0.385. The monoisotopic (exact) mass is 245 g/mol. The summed E-state index contributed by atoms with van der Waals surface area (Å²) in [5.41, 5.74) is 2.27. The van der Waals surface area contributed by atoms with Crippen LogP contribution in [0.2, 0.25) is 0 Å². The van der Waals surface area contributed by atoms with Crippen LogP contribution in [0.1, 0.15) is 17.7 Å². The van der Waals surface area contributed by atoms with Crippen LogP contribution < -0.4 is 4.90 Å². The van der Waals surface area contributed by atoms with Gasteiger partial charge in [-0.1, -0.05) is 0 Å². The maximum atomic E-state index is 4.42. The van der Waals surface area contributed by atoms with Gasteiger partial charge in [-0.25, -0.2) is 4.98 Å². The molecule has 4 heteroatoms. The summed E-state index contributed by atoms with van der Waals surface area (Å²) >= 11 is 1.70. The van der Waals surface area contributed by atoms with Crippen LogP contribution in [0.3, 0.4) is 0 Å². The van der Waals surface area contributed by atoms with E-state index in [2.05, 4.69) is 33.9 Å². The second-order valence-electron chi connectivity index (χ2n) is 4.37. The van der Waals surface area contributed by atoms with Crippen molar-refractivity contribution in [2.24, 2.45) is 0 Å². The number of pyridine rings is 1. The Kier molecular flexibility index (Phi) is 2.81. The van der Waals surface area contributed by atoms with Gasteiger partial charge in [0, 0.05) is 36.0 Å². The minimum atomic E-state index is 0.993. The molecule has 3 heterocycles. The van der Waals surface area contributed by atoms with E-state index >= 15 is 0 Å². The average Bonchev–Trinajstić information content (AvgIpc) is 3.00. The molecule has 0 unspecified atom stereocenters. The lowest BCUT2D eigenvalue weighted by Crippen LogP contribution is -2.17. The molecule has 1 aliphatic heterocycles. The van der Waals surface area contributed by atoms with Gasteiger partial charge < -0.3 is 4.90 Å². The average molecular weight is 245 g/mol. The van der Waals surface area contributed by atoms with E-state index in [1.54, 1.807) is 11.3 Å². The van der Waals surface area contributed by atoms with E-state index < -0.39 is 0 Å². The minimum Gasteiger partial charge on any atom is -0.371 e. The topological polar surface area (TPSA) is 29.0 Å². The first kappa shape index (κ1) is 10.7. The highest BCUT2D eigenvalue weighted by atomic mass is 32.1. The third kappa shape index (κ3) is 2.17. The zero-order chi connectivity index (χ0) is 11.7. The van der Waals surface area contributed by atoms with Crippen LogP contribution in [-0.2, 0) is 0 Å². The molecule has 0 aromatic carbocycles. The van der Waals surface area contributed by atoms with Crippen LogP contribution in [0.4, 0.5) is 5.69 Å². The zero-order valence-corrected chi connectivity index (χ0v) is 10.7. The van der Waals surface area contributed by atoms with Gasteiger partial charge in [-0.3, -0.25) is 4.98 Å². The molecule has 1 aliphatic rings. The van der Waals surface area contributed by atoms with Crippen LogP contribution in [0.25, 0.3) is 10.7 Å². The zero-order valence-electron chi connectivity index (χ0n) is 9.89. The molecule has 3 nitrogen and oxygen atoms in total. The second-order valence-corrected chi connectivity index (χ2v) is 5.60. The van der Waals surface area contributed by atoms with Crippen molar-refractivity contribution in [2.75, 3.05) is 18.0 Å². The van der Waals surface area contributed by atoms with Gasteiger partial charge in [0.2, 0.25) is 0 Å². The number of thiazole rings is 1. The van der Waals surface area contributed by atoms with E-state index in [0.717, 1.165) is 10.7 Å². The van der Waals surface area contributed by atoms with Gasteiger partial charge in [0.25, 0.3) is 0 Å². The molecule has 88 valence electrons. The van der Waals surface area contributed by atoms with Crippen molar-refractivity contribution in [1.29, 1.82) is 0 Å². The molecule has 2 aromatic heterocycles. The van der Waals surface area contributed by atoms with Crippen LogP contribution in [-0.4, -0.2) is 23.1 Å². The first-order valence-electron chi connectivity index (χ1n) is 5.97. The number of rotatable bonds is 2. The maximum Gasteiger partial charge on any atom is 0.142 e. The largest absolute Gasteiger partial charge is 0.371 e. The number of aryl methyl sites for hydroxylation is 1. The Morgan fingerprint density at radius 1 is 1.24 bits per heavy atom. The molecule has 0 saturated carbocycles. The summed E-state index contributed by atoms with van der Waals surface area (Å²) in [4.78, 5) is 12.5. The summed E-state index contributed by atoms with van der Waals surface area (Å²) in [6.45, 7) is 4.41. The third-order valence-electron chi connectivity index (χ3n) is 3.06. The molecule has 0 aliphatic carbocycles. The van der Waals surface area contributed by atoms with Gasteiger partial charge in [-0.15, -0.1) is 11.3 Å². The van der Waals surface area contributed by atoms with Gasteiger partial charge in [-0.2, -0.15) is 0 Å². The van der Waals surface area contributed by atoms with Crippen LogP contribution in [0.15, 0.2) is 24.5 Å². The SMILES string of the molecule is Cc1cnc(-c2cc(N3CCCC3)ccn2)s1. The number of hydrogen-bond acceptors (Lipinski definition) is 4. The molecule has 3 rings (SSSR count). The molecule has 0 radical (unpaired) electrons. The predicted octanol–water partition coefficient (Wildman–Crippen LogP) is 3.11. The summed E-state index contributed by atoms with van der Waals surface area (Å²) in [6, 6.07) is 4.25. The highest BCUT2D eigenvalue weighted by molar-refractivity contribution is 7.14. The normalized spacial score (nSPS) is 15.5. The molecule has 2 aromatic rings. The summed E-state index contributed by atoms with van der Waals surface area (Å²) in [6.07, 6.45) is 6.39. The summed E-state index contributed by atoms with van der Waals surface area (Å²) in [7, 11) is 0. The van der Waals surface area contributed by atoms with Crippen molar-refractivity contribution in [1.82, 2.24) is 9.97 Å². The van der Waals surface area contributed by atoms with Gasteiger partial charge >= 0.3 is 0 Å². The quantitative estimate of drug-likeness (QED) is 0.814. The Morgan fingerprint density at radius 2 is 2.06 bits per heavy atom. The summed E-state index contributed by atoms with van der Waals surface area (Å²) in [5, 5.41) is 1.02. The third-order valence-corrected chi connectivity index (χ3v) is 3.99. The minimum absolute atomic E-state index is 0.993. The van der Waals surface area contributed by atoms with E-state index in [4.69, 9.17) is 0 Å². The van der Waals surface area contributed by atoms with Gasteiger partial charge in [0.05, 0.1) is 0 Å². The van der Waals surface area contributed by atoms with E-state index in [-0.39, 0.29) is 0 Å². The van der Waals surface area contributed by atoms with Crippen molar-refractivity contribution in [3.8, 4) is 10.7 Å². The van der Waals surface area contributed by atoms with E-state index in [0.29, 0.717) is 0 Å². The fourth-order valence-corrected chi connectivity index (χ4v) is 2.91. The first-order chi connectivity index (χ1) is 8.33. The van der Waals surface area contributed by atoms with Gasteiger partial charge in [0.15, 0.2) is 0 Å². The van der Waals surface area contributed by atoms with Crippen molar-refractivity contribution >= 4 is 17.0 Å². The second kappa shape index (κ2) is 4.45. The molecule has 0 N–H and O–H groups in total. The lowest BCUT2D eigenvalue weighted by Gasteiger charge is -2.17. The smallest absolute Gasteiger partial charge is 0.142 e. The number of anilines is 1. The lowest BCUT2D eigenvalue weighted by atomic mass is 10.3. The standard InChI is InChI=1S/C13H15N3S/c1-10-9-15-13(17-10)12-8-11(4-5-14-12)16-6-2-3-7-16/h4-5,8-9H,2-3,6-7H2,1H3. The highest BCUT2D eigenvalue weighted by Gasteiger charge is 2.13. The Balaban J connectivity index is 1.93. The molecule has 1 saturated heterocycles. The highest BCUT2D eigenvalue weighted by Crippen LogP contribution is 2.27. The van der Waals surface area contributed by atoms with Gasteiger partial charge in [-0.05, 0) is 31.9 Å². The number of hydrogen-bond donors (Lipinski definition) is 0. The fourth-order valence-electron chi connectivity index (χ4n) is 2.18. The molecule has 0 amide bonds. The molecule has 0 spiro atoms. The summed E-state index contributed by atoms with van der Waals surface area (Å²) < 4.78 is 0. The van der Waals surface area contributed by atoms with Crippen LogP contribution in [0.5, 0.6) is 0 Å². The lowest BCUT2D eigenvalue weighted by molar-refractivity contribution is 0.949. The van der Waals surface area contributed by atoms with Crippen molar-refractivity contribution in [2.45, 2.75) is 19.8 Å². The van der Waals surface area contributed by atoms with Crippen LogP contribution >= 0.6 is 11.3 Å². The Labute approximate surface area is 105 Å². The Bertz CT molecular complexity index is 515. The molecule has 0 bridgehead atoms. The van der Waals surface area contributed by atoms with E-state index in [9.17, 15) is 0 Å². The molecular weight excluding hydrogens is 230 g/mol. The Morgan fingerprint density at radius 3 is 2.76 bits per heavy atom. The molecular formula is C13H15N3S. The van der Waals surface area contributed by atoms with Crippen LogP contribution in [0, 0.1) is 6.92 Å². The molecule has 17 heavy (non-hydrogen) atoms. The number of aromatic nitrogens is 2. The van der Waals surface area contributed by atoms with Crippen molar-refractivity contribution in [3.63, 3.8) is 0 Å². The molecule has 1 fully saturated rings. The number of nitrogens with zero attached hydrogens (tertiary/aromatic N) is 3. The predicted molar refractivity (Wildman–Crippen MR) is 71.5 cm³/mol. The summed E-state index contributed by atoms with van der Waals surface area (Å²) in [5.74, 6) is 0. The van der Waals surface area contributed by atoms with Crippen molar-refractivity contribution in [3.05, 3.63) is 29.4 Å². The maximum absolute atomic E-state index is 4.42. The van der Waals surface area contributed by atoms with E-state index in [1.807, 2.05) is 12.4 Å². The van der Waals surface area contributed by atoms with E-state index in [1.165, 1.54) is 36.5 Å². The van der Waals surface area contributed by atoms with Gasteiger partial charge in [0.1, 0.15) is 10.7 Å². The molecule has 0 atom stereocenters.